The first-order valence-corrected chi connectivity index (χ1v) is 4.41. The van der Waals surface area contributed by atoms with Crippen LogP contribution >= 0.6 is 0 Å². The van der Waals surface area contributed by atoms with Crippen LogP contribution in [0.2, 0.25) is 0 Å². The summed E-state index contributed by atoms with van der Waals surface area (Å²) < 4.78 is 0. The maximum Gasteiger partial charge on any atom is 0.343 e. The third-order valence-corrected chi connectivity index (χ3v) is 1.83. The average Bonchev–Trinajstić information content (AvgIpc) is 2.00. The topological polar surface area (TPSA) is 112 Å². The summed E-state index contributed by atoms with van der Waals surface area (Å²) in [6, 6.07) is 0. The molecule has 0 aliphatic heterocycles. The van der Waals surface area contributed by atoms with Crippen molar-refractivity contribution < 1.29 is 29.7 Å². The molecule has 0 aromatic heterocycles. The van der Waals surface area contributed by atoms with Gasteiger partial charge in [0.1, 0.15) is 6.42 Å². The fraction of sp³-hybridized carbons (Fsp3) is 0.667. The normalized spacial score (nSPS) is 14.7. The fourth-order valence-electron chi connectivity index (χ4n) is 1.19. The Hall–Kier alpha value is -1.43. The molecule has 0 radical (unpaired) electrons. The van der Waals surface area contributed by atoms with Gasteiger partial charge in [0.15, 0.2) is 5.78 Å². The number of rotatable bonds is 6. The number of aliphatic carboxylic acids is 2. The molecule has 0 aromatic rings. The zero-order chi connectivity index (χ0) is 12.2. The quantitative estimate of drug-likeness (QED) is 0.536. The molecule has 3 N–H and O–H groups in total. The SMILES string of the molecule is CC(C)CC(O)(C(=O)O)C(=O)CC(=O)O. The van der Waals surface area contributed by atoms with Gasteiger partial charge in [-0.2, -0.15) is 0 Å². The zero-order valence-electron chi connectivity index (χ0n) is 8.56. The lowest BCUT2D eigenvalue weighted by Gasteiger charge is -2.22. The summed E-state index contributed by atoms with van der Waals surface area (Å²) in [6.45, 7) is 3.25. The van der Waals surface area contributed by atoms with Gasteiger partial charge in [-0.3, -0.25) is 9.59 Å². The third-order valence-electron chi connectivity index (χ3n) is 1.83. The van der Waals surface area contributed by atoms with Crippen LogP contribution in [0.15, 0.2) is 0 Å². The molecular weight excluding hydrogens is 204 g/mol. The molecular formula is C9H14O6. The third kappa shape index (κ3) is 3.67. The number of Topliss-reactive ketones (excluding diaryl/α,β-unsaturated/α-hetero) is 1. The lowest BCUT2D eigenvalue weighted by Crippen LogP contribution is -2.48. The first-order valence-electron chi connectivity index (χ1n) is 4.41. The van der Waals surface area contributed by atoms with Crippen molar-refractivity contribution in [1.29, 1.82) is 0 Å². The van der Waals surface area contributed by atoms with Crippen LogP contribution in [0, 0.1) is 5.92 Å². The Balaban J connectivity index is 4.86. The van der Waals surface area contributed by atoms with Crippen molar-refractivity contribution in [2.24, 2.45) is 5.92 Å². The van der Waals surface area contributed by atoms with Crippen LogP contribution in [0.5, 0.6) is 0 Å². The predicted molar refractivity (Wildman–Crippen MR) is 49.3 cm³/mol. The summed E-state index contributed by atoms with van der Waals surface area (Å²) >= 11 is 0. The molecule has 15 heavy (non-hydrogen) atoms. The highest BCUT2D eigenvalue weighted by molar-refractivity contribution is 6.11. The first-order chi connectivity index (χ1) is 6.70. The molecule has 86 valence electrons. The van der Waals surface area contributed by atoms with Crippen LogP contribution in [-0.2, 0) is 14.4 Å². The van der Waals surface area contributed by atoms with Gasteiger partial charge in [0.2, 0.25) is 5.60 Å². The van der Waals surface area contributed by atoms with E-state index in [1.165, 1.54) is 0 Å². The summed E-state index contributed by atoms with van der Waals surface area (Å²) in [4.78, 5) is 32.2. The molecule has 0 aliphatic carbocycles. The number of ketones is 1. The Bertz CT molecular complexity index is 282. The molecule has 1 unspecified atom stereocenters. The molecule has 0 rings (SSSR count). The van der Waals surface area contributed by atoms with E-state index in [2.05, 4.69) is 0 Å². The monoisotopic (exact) mass is 218 g/mol. The summed E-state index contributed by atoms with van der Waals surface area (Å²) in [5, 5.41) is 26.6. The summed E-state index contributed by atoms with van der Waals surface area (Å²) in [6.07, 6.45) is -1.29. The molecule has 0 aromatic carbocycles. The van der Waals surface area contributed by atoms with Crippen LogP contribution < -0.4 is 0 Å². The van der Waals surface area contributed by atoms with Crippen molar-refractivity contribution in [3.63, 3.8) is 0 Å². The van der Waals surface area contributed by atoms with E-state index < -0.39 is 29.7 Å². The van der Waals surface area contributed by atoms with Crippen LogP contribution in [0.1, 0.15) is 26.7 Å². The minimum atomic E-state index is -2.59. The average molecular weight is 218 g/mol. The van der Waals surface area contributed by atoms with E-state index in [0.717, 1.165) is 0 Å². The van der Waals surface area contributed by atoms with Crippen molar-refractivity contribution in [1.82, 2.24) is 0 Å². The van der Waals surface area contributed by atoms with Crippen LogP contribution in [0.25, 0.3) is 0 Å². The van der Waals surface area contributed by atoms with Crippen molar-refractivity contribution >= 4 is 17.7 Å². The number of aliphatic hydroxyl groups is 1. The van der Waals surface area contributed by atoms with E-state index in [1.54, 1.807) is 13.8 Å². The Kier molecular flexibility index (Phi) is 4.41. The second kappa shape index (κ2) is 4.88. The van der Waals surface area contributed by atoms with E-state index in [-0.39, 0.29) is 12.3 Å². The van der Waals surface area contributed by atoms with Crippen molar-refractivity contribution in [3.8, 4) is 0 Å². The van der Waals surface area contributed by atoms with Crippen LogP contribution in [-0.4, -0.2) is 38.6 Å². The number of carboxylic acid groups (broad SMARTS) is 2. The number of hydrogen-bond acceptors (Lipinski definition) is 4. The predicted octanol–water partition coefficient (Wildman–Crippen LogP) is -0.108. The van der Waals surface area contributed by atoms with Gasteiger partial charge in [0.05, 0.1) is 0 Å². The molecule has 0 saturated heterocycles. The highest BCUT2D eigenvalue weighted by Gasteiger charge is 2.44. The molecule has 6 nitrogen and oxygen atoms in total. The van der Waals surface area contributed by atoms with Crippen molar-refractivity contribution in [2.45, 2.75) is 32.3 Å². The van der Waals surface area contributed by atoms with Crippen molar-refractivity contribution in [2.75, 3.05) is 0 Å². The van der Waals surface area contributed by atoms with Gasteiger partial charge in [-0.25, -0.2) is 4.79 Å². The van der Waals surface area contributed by atoms with Gasteiger partial charge < -0.3 is 15.3 Å². The minimum Gasteiger partial charge on any atom is -0.481 e. The first kappa shape index (κ1) is 13.6. The molecule has 0 fully saturated rings. The second-order valence-electron chi connectivity index (χ2n) is 3.76. The van der Waals surface area contributed by atoms with Crippen LogP contribution in [0.3, 0.4) is 0 Å². The highest BCUT2D eigenvalue weighted by atomic mass is 16.4. The van der Waals surface area contributed by atoms with Gasteiger partial charge in [-0.05, 0) is 12.3 Å². The Morgan fingerprint density at radius 1 is 1.20 bits per heavy atom. The maximum absolute atomic E-state index is 11.2. The highest BCUT2D eigenvalue weighted by Crippen LogP contribution is 2.20. The van der Waals surface area contributed by atoms with Gasteiger partial charge >= 0.3 is 11.9 Å². The molecule has 0 bridgehead atoms. The Morgan fingerprint density at radius 2 is 1.67 bits per heavy atom. The molecule has 0 spiro atoms. The van der Waals surface area contributed by atoms with Gasteiger partial charge in [0, 0.05) is 0 Å². The van der Waals surface area contributed by atoms with E-state index >= 15 is 0 Å². The molecule has 0 aliphatic rings. The number of hydrogen-bond donors (Lipinski definition) is 3. The van der Waals surface area contributed by atoms with E-state index in [1.807, 2.05) is 0 Å². The maximum atomic E-state index is 11.2. The largest absolute Gasteiger partial charge is 0.481 e. The molecule has 6 heteroatoms. The Morgan fingerprint density at radius 3 is 1.93 bits per heavy atom. The van der Waals surface area contributed by atoms with Crippen molar-refractivity contribution in [3.05, 3.63) is 0 Å². The van der Waals surface area contributed by atoms with Gasteiger partial charge in [-0.15, -0.1) is 0 Å². The molecule has 0 amide bonds. The number of carbonyl (C=O) groups is 3. The van der Waals surface area contributed by atoms with E-state index in [0.29, 0.717) is 0 Å². The Labute approximate surface area is 86.5 Å². The molecule has 0 heterocycles. The van der Waals surface area contributed by atoms with E-state index in [4.69, 9.17) is 10.2 Å². The summed E-state index contributed by atoms with van der Waals surface area (Å²) in [5.41, 5.74) is -2.59. The zero-order valence-corrected chi connectivity index (χ0v) is 8.56. The van der Waals surface area contributed by atoms with Gasteiger partial charge in [0.25, 0.3) is 0 Å². The fourth-order valence-corrected chi connectivity index (χ4v) is 1.19. The van der Waals surface area contributed by atoms with E-state index in [9.17, 15) is 19.5 Å². The minimum absolute atomic E-state index is 0.233. The summed E-state index contributed by atoms with van der Waals surface area (Å²) in [7, 11) is 0. The second-order valence-corrected chi connectivity index (χ2v) is 3.76. The standard InChI is InChI=1S/C9H14O6/c1-5(2)4-9(15,8(13)14)6(10)3-7(11)12/h5,15H,3-4H2,1-2H3,(H,11,12)(H,13,14). The smallest absolute Gasteiger partial charge is 0.343 e. The number of carbonyl (C=O) groups excluding carboxylic acids is 1. The lowest BCUT2D eigenvalue weighted by molar-refractivity contribution is -0.168. The lowest BCUT2D eigenvalue weighted by atomic mass is 9.87. The summed E-state index contributed by atoms with van der Waals surface area (Å²) in [5.74, 6) is -4.59. The number of carboxylic acids is 2. The van der Waals surface area contributed by atoms with Gasteiger partial charge in [-0.1, -0.05) is 13.8 Å². The van der Waals surface area contributed by atoms with Crippen LogP contribution in [0.4, 0.5) is 0 Å². The molecule has 0 saturated carbocycles. The molecule has 1 atom stereocenters.